The van der Waals surface area contributed by atoms with Gasteiger partial charge in [-0.15, -0.1) is 5.10 Å². The summed E-state index contributed by atoms with van der Waals surface area (Å²) in [5.41, 5.74) is -0.795. The first-order valence-corrected chi connectivity index (χ1v) is 8.79. The quantitative estimate of drug-likeness (QED) is 0.560. The van der Waals surface area contributed by atoms with Gasteiger partial charge in [0.2, 0.25) is 5.88 Å². The van der Waals surface area contributed by atoms with Crippen LogP contribution < -0.4 is 9.47 Å². The Morgan fingerprint density at radius 1 is 1.27 bits per heavy atom. The number of alkyl halides is 3. The molecule has 8 nitrogen and oxygen atoms in total. The molecule has 0 saturated heterocycles. The third-order valence-electron chi connectivity index (χ3n) is 3.80. The molecule has 0 radical (unpaired) electrons. The Labute approximate surface area is 172 Å². The topological polar surface area (TPSA) is 99.2 Å². The number of carbonyl (C=O) groups is 1. The van der Waals surface area contributed by atoms with E-state index < -0.39 is 17.7 Å². The molecule has 0 saturated carbocycles. The number of benzene rings is 1. The fourth-order valence-electron chi connectivity index (χ4n) is 2.48. The highest BCUT2D eigenvalue weighted by molar-refractivity contribution is 6.31. The number of pyridine rings is 1. The van der Waals surface area contributed by atoms with Crippen molar-refractivity contribution in [2.45, 2.75) is 13.1 Å². The monoisotopic (exact) mass is 442 g/mol. The van der Waals surface area contributed by atoms with Gasteiger partial charge in [0.1, 0.15) is 10.7 Å². The lowest BCUT2D eigenvalue weighted by Gasteiger charge is -2.15. The van der Waals surface area contributed by atoms with Crippen molar-refractivity contribution >= 4 is 17.6 Å². The number of nitrogens with one attached hydrogen (secondary N) is 1. The van der Waals surface area contributed by atoms with Crippen LogP contribution in [0.4, 0.5) is 13.2 Å². The molecule has 0 amide bonds. The standard InChI is InChI=1S/C18H14ClF3N4O4/c1-3-29-17(27)14-13(24-26-25-14)10-5-4-6-12(28-2)15(10)30-16-11(19)7-9(8-23-16)18(20,21)22/h4-8H,3H2,1-2H3,(H,24,25,26). The van der Waals surface area contributed by atoms with Crippen molar-refractivity contribution in [2.75, 3.05) is 13.7 Å². The minimum atomic E-state index is -4.61. The Morgan fingerprint density at radius 3 is 2.67 bits per heavy atom. The smallest absolute Gasteiger partial charge is 0.417 e. The summed E-state index contributed by atoms with van der Waals surface area (Å²) in [5.74, 6) is -0.797. The Bertz CT molecular complexity index is 1070. The molecule has 0 unspecified atom stereocenters. The van der Waals surface area contributed by atoms with Gasteiger partial charge in [-0.25, -0.2) is 9.78 Å². The zero-order valence-corrected chi connectivity index (χ0v) is 16.3. The first-order chi connectivity index (χ1) is 14.3. The van der Waals surface area contributed by atoms with Gasteiger partial charge < -0.3 is 14.2 Å². The number of H-pyrrole nitrogens is 1. The molecular formula is C18H14ClF3N4O4. The summed E-state index contributed by atoms with van der Waals surface area (Å²) < 4.78 is 54.5. The number of aromatic nitrogens is 4. The highest BCUT2D eigenvalue weighted by atomic mass is 35.5. The van der Waals surface area contributed by atoms with Gasteiger partial charge in [-0.3, -0.25) is 0 Å². The SMILES string of the molecule is CCOC(=O)c1n[nH]nc1-c1cccc(OC)c1Oc1ncc(C(F)(F)F)cc1Cl. The van der Waals surface area contributed by atoms with Crippen LogP contribution >= 0.6 is 11.6 Å². The number of nitrogens with zero attached hydrogens (tertiary/aromatic N) is 3. The predicted octanol–water partition coefficient (Wildman–Crippen LogP) is 4.52. The Balaban J connectivity index is 2.07. The third-order valence-corrected chi connectivity index (χ3v) is 4.07. The van der Waals surface area contributed by atoms with E-state index in [2.05, 4.69) is 20.4 Å². The van der Waals surface area contributed by atoms with Crippen LogP contribution in [0.2, 0.25) is 5.02 Å². The van der Waals surface area contributed by atoms with E-state index in [1.165, 1.54) is 7.11 Å². The van der Waals surface area contributed by atoms with Crippen molar-refractivity contribution in [2.24, 2.45) is 0 Å². The van der Waals surface area contributed by atoms with Crippen molar-refractivity contribution in [3.8, 4) is 28.6 Å². The van der Waals surface area contributed by atoms with Crippen LogP contribution in [0.5, 0.6) is 17.4 Å². The first-order valence-electron chi connectivity index (χ1n) is 8.42. The van der Waals surface area contributed by atoms with E-state index in [0.29, 0.717) is 12.3 Å². The maximum absolute atomic E-state index is 12.9. The molecule has 0 fully saturated rings. The summed E-state index contributed by atoms with van der Waals surface area (Å²) in [6, 6.07) is 5.39. The van der Waals surface area contributed by atoms with Gasteiger partial charge in [0.05, 0.1) is 24.8 Å². The number of rotatable bonds is 6. The molecule has 0 aliphatic rings. The average Bonchev–Trinajstić information content (AvgIpc) is 3.18. The van der Waals surface area contributed by atoms with E-state index in [1.807, 2.05) is 0 Å². The number of methoxy groups -OCH3 is 1. The van der Waals surface area contributed by atoms with Crippen LogP contribution in [0.25, 0.3) is 11.3 Å². The highest BCUT2D eigenvalue weighted by Gasteiger charge is 2.32. The Kier molecular flexibility index (Phi) is 6.11. The van der Waals surface area contributed by atoms with Gasteiger partial charge in [0.25, 0.3) is 0 Å². The van der Waals surface area contributed by atoms with Crippen LogP contribution in [0.1, 0.15) is 23.0 Å². The van der Waals surface area contributed by atoms with E-state index in [9.17, 15) is 18.0 Å². The van der Waals surface area contributed by atoms with Crippen molar-refractivity contribution < 1.29 is 32.2 Å². The summed E-state index contributed by atoms with van der Waals surface area (Å²) in [7, 11) is 1.36. The second kappa shape index (κ2) is 8.57. The predicted molar refractivity (Wildman–Crippen MR) is 98.7 cm³/mol. The van der Waals surface area contributed by atoms with E-state index in [0.717, 1.165) is 0 Å². The zero-order chi connectivity index (χ0) is 21.9. The average molecular weight is 443 g/mol. The zero-order valence-electron chi connectivity index (χ0n) is 15.6. The molecule has 1 aromatic carbocycles. The number of para-hydroxylation sites is 1. The van der Waals surface area contributed by atoms with Gasteiger partial charge in [-0.2, -0.15) is 23.5 Å². The molecule has 2 aromatic heterocycles. The van der Waals surface area contributed by atoms with E-state index in [4.69, 9.17) is 25.8 Å². The molecule has 0 spiro atoms. The van der Waals surface area contributed by atoms with E-state index in [1.54, 1.807) is 25.1 Å². The van der Waals surface area contributed by atoms with Crippen LogP contribution in [0.15, 0.2) is 30.5 Å². The second-order valence-electron chi connectivity index (χ2n) is 5.69. The summed E-state index contributed by atoms with van der Waals surface area (Å²) in [5, 5.41) is 9.73. The summed E-state index contributed by atoms with van der Waals surface area (Å²) >= 11 is 5.94. The van der Waals surface area contributed by atoms with Crippen molar-refractivity contribution in [1.82, 2.24) is 20.4 Å². The van der Waals surface area contributed by atoms with Crippen LogP contribution in [-0.2, 0) is 10.9 Å². The maximum Gasteiger partial charge on any atom is 0.417 e. The van der Waals surface area contributed by atoms with Crippen molar-refractivity contribution in [3.05, 3.63) is 46.7 Å². The van der Waals surface area contributed by atoms with Crippen LogP contribution in [0, 0.1) is 0 Å². The lowest BCUT2D eigenvalue weighted by atomic mass is 10.1. The highest BCUT2D eigenvalue weighted by Crippen LogP contribution is 2.42. The largest absolute Gasteiger partial charge is 0.493 e. The fourth-order valence-corrected chi connectivity index (χ4v) is 2.69. The van der Waals surface area contributed by atoms with Crippen molar-refractivity contribution in [1.29, 1.82) is 0 Å². The summed E-state index contributed by atoms with van der Waals surface area (Å²) in [6.07, 6.45) is -4.02. The number of esters is 1. The van der Waals surface area contributed by atoms with E-state index in [-0.39, 0.29) is 46.0 Å². The molecule has 12 heteroatoms. The minimum absolute atomic E-state index is 0.0219. The first kappa shape index (κ1) is 21.4. The van der Waals surface area contributed by atoms with Crippen molar-refractivity contribution in [3.63, 3.8) is 0 Å². The van der Waals surface area contributed by atoms with Gasteiger partial charge in [0, 0.05) is 6.20 Å². The minimum Gasteiger partial charge on any atom is -0.493 e. The molecule has 3 aromatic rings. The summed E-state index contributed by atoms with van der Waals surface area (Å²) in [6.45, 7) is 1.76. The second-order valence-corrected chi connectivity index (χ2v) is 6.10. The van der Waals surface area contributed by atoms with Gasteiger partial charge in [-0.05, 0) is 25.1 Å². The number of hydrogen-bond acceptors (Lipinski definition) is 7. The molecule has 1 N–H and O–H groups in total. The Hall–Kier alpha value is -3.34. The van der Waals surface area contributed by atoms with Gasteiger partial charge in [-0.1, -0.05) is 17.7 Å². The molecule has 0 atom stereocenters. The Morgan fingerprint density at radius 2 is 2.03 bits per heavy atom. The third kappa shape index (κ3) is 4.30. The molecular weight excluding hydrogens is 429 g/mol. The normalized spacial score (nSPS) is 11.3. The number of carbonyl (C=O) groups excluding carboxylic acids is 1. The maximum atomic E-state index is 12.9. The summed E-state index contributed by atoms with van der Waals surface area (Å²) in [4.78, 5) is 15.8. The van der Waals surface area contributed by atoms with Crippen LogP contribution in [-0.4, -0.2) is 40.1 Å². The lowest BCUT2D eigenvalue weighted by Crippen LogP contribution is -2.07. The van der Waals surface area contributed by atoms with E-state index >= 15 is 0 Å². The molecule has 0 bridgehead atoms. The molecule has 3 rings (SSSR count). The molecule has 158 valence electrons. The van der Waals surface area contributed by atoms with Gasteiger partial charge >= 0.3 is 12.1 Å². The van der Waals surface area contributed by atoms with Crippen LogP contribution in [0.3, 0.4) is 0 Å². The fraction of sp³-hybridized carbons (Fsp3) is 0.222. The lowest BCUT2D eigenvalue weighted by molar-refractivity contribution is -0.137. The number of ether oxygens (including phenoxy) is 3. The number of halogens is 4. The molecule has 0 aliphatic carbocycles. The molecule has 30 heavy (non-hydrogen) atoms. The number of hydrogen-bond donors (Lipinski definition) is 1. The molecule has 0 aliphatic heterocycles. The molecule has 2 heterocycles. The van der Waals surface area contributed by atoms with Gasteiger partial charge in [0.15, 0.2) is 17.2 Å². The number of aromatic amines is 1.